The number of nitrogens with one attached hydrogen (secondary N) is 1. The van der Waals surface area contributed by atoms with Crippen molar-refractivity contribution in [3.8, 4) is 5.88 Å². The number of likely N-dealkylation sites (tertiary alicyclic amines) is 1. The topological polar surface area (TPSA) is 67.3 Å². The minimum absolute atomic E-state index is 0.0178. The Kier molecular flexibility index (Phi) is 4.82. The minimum Gasteiger partial charge on any atom is -0.481 e. The van der Waals surface area contributed by atoms with E-state index in [0.29, 0.717) is 5.88 Å². The van der Waals surface area contributed by atoms with Gasteiger partial charge in [0.2, 0.25) is 11.8 Å². The van der Waals surface area contributed by atoms with E-state index in [1.54, 1.807) is 25.4 Å². The number of nitrogens with zero attached hydrogens (tertiary/aromatic N) is 3. The van der Waals surface area contributed by atoms with Crippen LogP contribution in [-0.4, -0.2) is 41.0 Å². The van der Waals surface area contributed by atoms with Crippen LogP contribution >= 0.6 is 11.3 Å². The number of pyridine rings is 1. The van der Waals surface area contributed by atoms with Crippen molar-refractivity contribution in [1.29, 1.82) is 0 Å². The summed E-state index contributed by atoms with van der Waals surface area (Å²) in [6.07, 6.45) is 2.70. The second-order valence-electron chi connectivity index (χ2n) is 6.23. The van der Waals surface area contributed by atoms with Crippen molar-refractivity contribution in [2.24, 2.45) is 0 Å². The van der Waals surface area contributed by atoms with Crippen LogP contribution in [-0.2, 0) is 16.9 Å². The van der Waals surface area contributed by atoms with Gasteiger partial charge in [0, 0.05) is 49.9 Å². The van der Waals surface area contributed by atoms with Gasteiger partial charge in [0.25, 0.3) is 0 Å². The Morgan fingerprint density at radius 3 is 2.92 bits per heavy atom. The smallest absolute Gasteiger partial charge is 0.217 e. The molecular formula is C17H22N4O2S. The van der Waals surface area contributed by atoms with Crippen molar-refractivity contribution in [2.45, 2.75) is 32.4 Å². The van der Waals surface area contributed by atoms with Crippen molar-refractivity contribution in [3.63, 3.8) is 0 Å². The maximum atomic E-state index is 11.7. The van der Waals surface area contributed by atoms with Gasteiger partial charge in [-0.15, -0.1) is 11.3 Å². The summed E-state index contributed by atoms with van der Waals surface area (Å²) in [4.78, 5) is 23.0. The summed E-state index contributed by atoms with van der Waals surface area (Å²) in [5, 5.41) is 6.18. The molecule has 1 amide bonds. The number of hydrogen-bond donors (Lipinski definition) is 1. The highest BCUT2D eigenvalue weighted by molar-refractivity contribution is 7.09. The van der Waals surface area contributed by atoms with Crippen LogP contribution in [0.5, 0.6) is 5.88 Å². The van der Waals surface area contributed by atoms with E-state index in [4.69, 9.17) is 4.74 Å². The molecule has 3 rings (SSSR count). The van der Waals surface area contributed by atoms with Crippen molar-refractivity contribution in [2.75, 3.05) is 20.2 Å². The maximum absolute atomic E-state index is 11.7. The molecule has 1 aliphatic heterocycles. The number of aryl methyl sites for hydroxylation is 1. The molecule has 1 N–H and O–H groups in total. The van der Waals surface area contributed by atoms with E-state index in [2.05, 4.69) is 20.2 Å². The largest absolute Gasteiger partial charge is 0.481 e. The monoisotopic (exact) mass is 346 g/mol. The Balaban J connectivity index is 1.75. The Hall–Kier alpha value is -1.99. The van der Waals surface area contributed by atoms with Crippen LogP contribution in [0.2, 0.25) is 0 Å². The third-order valence-corrected chi connectivity index (χ3v) is 5.37. The molecule has 1 saturated heterocycles. The second-order valence-corrected chi connectivity index (χ2v) is 7.08. The van der Waals surface area contributed by atoms with Gasteiger partial charge in [-0.05, 0) is 18.9 Å². The molecule has 7 heteroatoms. The summed E-state index contributed by atoms with van der Waals surface area (Å²) in [5.41, 5.74) is 1.74. The summed E-state index contributed by atoms with van der Waals surface area (Å²) >= 11 is 1.62. The molecule has 1 unspecified atom stereocenters. The second kappa shape index (κ2) is 6.86. The highest BCUT2D eigenvalue weighted by Crippen LogP contribution is 2.34. The number of carbonyl (C=O) groups is 1. The molecule has 0 bridgehead atoms. The lowest BCUT2D eigenvalue weighted by Gasteiger charge is -2.28. The van der Waals surface area contributed by atoms with Gasteiger partial charge in [-0.1, -0.05) is 6.07 Å². The Morgan fingerprint density at radius 1 is 1.50 bits per heavy atom. The average Bonchev–Trinajstić information content (AvgIpc) is 3.15. The van der Waals surface area contributed by atoms with E-state index in [-0.39, 0.29) is 11.4 Å². The molecule has 2 aromatic rings. The van der Waals surface area contributed by atoms with Crippen molar-refractivity contribution < 1.29 is 9.53 Å². The van der Waals surface area contributed by atoms with E-state index in [1.165, 1.54) is 0 Å². The van der Waals surface area contributed by atoms with Crippen LogP contribution in [0, 0.1) is 6.92 Å². The van der Waals surface area contributed by atoms with Gasteiger partial charge in [-0.3, -0.25) is 9.69 Å². The maximum Gasteiger partial charge on any atom is 0.217 e. The molecule has 1 fully saturated rings. The van der Waals surface area contributed by atoms with Gasteiger partial charge in [-0.25, -0.2) is 9.97 Å². The lowest BCUT2D eigenvalue weighted by Crippen LogP contribution is -2.47. The fourth-order valence-corrected chi connectivity index (χ4v) is 4.12. The van der Waals surface area contributed by atoms with Gasteiger partial charge in [0.05, 0.1) is 7.11 Å². The first-order chi connectivity index (χ1) is 11.5. The first-order valence-corrected chi connectivity index (χ1v) is 8.81. The molecule has 0 radical (unpaired) electrons. The summed E-state index contributed by atoms with van der Waals surface area (Å²) in [5.74, 6) is 0.599. The molecular weight excluding hydrogens is 324 g/mol. The Morgan fingerprint density at radius 2 is 2.33 bits per heavy atom. The highest BCUT2D eigenvalue weighted by atomic mass is 32.1. The number of ether oxygens (including phenoxy) is 1. The van der Waals surface area contributed by atoms with Gasteiger partial charge >= 0.3 is 0 Å². The third kappa shape index (κ3) is 3.57. The van der Waals surface area contributed by atoms with E-state index in [9.17, 15) is 4.79 Å². The van der Waals surface area contributed by atoms with E-state index >= 15 is 0 Å². The molecule has 0 spiro atoms. The summed E-state index contributed by atoms with van der Waals surface area (Å²) < 4.78 is 5.10. The number of hydrogen-bond acceptors (Lipinski definition) is 6. The van der Waals surface area contributed by atoms with E-state index in [0.717, 1.165) is 42.3 Å². The molecule has 0 aliphatic carbocycles. The number of rotatable bonds is 5. The Labute approximate surface area is 145 Å². The highest BCUT2D eigenvalue weighted by Gasteiger charge is 2.42. The zero-order valence-corrected chi connectivity index (χ0v) is 15.0. The standard InChI is InChI=1S/C17H22N4O2S/c1-12-10-24-16(19-12)17(20-13(2)22)6-7-21(11-17)9-14-4-5-15(23-3)18-8-14/h4-5,8,10H,6-7,9,11H2,1-3H3,(H,20,22). The van der Waals surface area contributed by atoms with E-state index in [1.807, 2.05) is 30.6 Å². The fraction of sp³-hybridized carbons (Fsp3) is 0.471. The molecule has 6 nitrogen and oxygen atoms in total. The minimum atomic E-state index is -0.384. The molecule has 128 valence electrons. The quantitative estimate of drug-likeness (QED) is 0.898. The number of amides is 1. The summed E-state index contributed by atoms with van der Waals surface area (Å²) in [6.45, 7) is 6.01. The number of aromatic nitrogens is 2. The van der Waals surface area contributed by atoms with Crippen LogP contribution in [0.25, 0.3) is 0 Å². The molecule has 3 heterocycles. The SMILES string of the molecule is COc1ccc(CN2CCC(NC(C)=O)(c3nc(C)cs3)C2)cn1. The van der Waals surface area contributed by atoms with Gasteiger partial charge in [0.1, 0.15) is 10.5 Å². The van der Waals surface area contributed by atoms with Gasteiger partial charge in [-0.2, -0.15) is 0 Å². The lowest BCUT2D eigenvalue weighted by atomic mass is 9.99. The van der Waals surface area contributed by atoms with Crippen molar-refractivity contribution in [1.82, 2.24) is 20.2 Å². The number of thiazole rings is 1. The summed E-state index contributed by atoms with van der Waals surface area (Å²) in [7, 11) is 1.61. The first kappa shape index (κ1) is 16.9. The predicted octanol–water partition coefficient (Wildman–Crippen LogP) is 2.09. The molecule has 24 heavy (non-hydrogen) atoms. The third-order valence-electron chi connectivity index (χ3n) is 4.20. The average molecular weight is 346 g/mol. The fourth-order valence-electron chi connectivity index (χ4n) is 3.15. The molecule has 0 saturated carbocycles. The summed E-state index contributed by atoms with van der Waals surface area (Å²) in [6, 6.07) is 3.90. The molecule has 0 aromatic carbocycles. The number of methoxy groups -OCH3 is 1. The van der Waals surface area contributed by atoms with Crippen molar-refractivity contribution >= 4 is 17.2 Å². The molecule has 2 aromatic heterocycles. The first-order valence-electron chi connectivity index (χ1n) is 7.93. The van der Waals surface area contributed by atoms with E-state index < -0.39 is 0 Å². The normalized spacial score (nSPS) is 21.0. The van der Waals surface area contributed by atoms with Crippen LogP contribution in [0.4, 0.5) is 0 Å². The molecule has 1 aliphatic rings. The number of carbonyl (C=O) groups excluding carboxylic acids is 1. The van der Waals surface area contributed by atoms with Crippen LogP contribution in [0.3, 0.4) is 0 Å². The van der Waals surface area contributed by atoms with Gasteiger partial charge in [0.15, 0.2) is 0 Å². The van der Waals surface area contributed by atoms with Crippen molar-refractivity contribution in [3.05, 3.63) is 40.0 Å². The zero-order valence-electron chi connectivity index (χ0n) is 14.2. The van der Waals surface area contributed by atoms with Crippen LogP contribution < -0.4 is 10.1 Å². The predicted molar refractivity (Wildman–Crippen MR) is 93.0 cm³/mol. The zero-order chi connectivity index (χ0) is 17.2. The lowest BCUT2D eigenvalue weighted by molar-refractivity contribution is -0.120. The van der Waals surface area contributed by atoms with Crippen LogP contribution in [0.1, 0.15) is 29.6 Å². The Bertz CT molecular complexity index is 716. The molecule has 1 atom stereocenters. The van der Waals surface area contributed by atoms with Gasteiger partial charge < -0.3 is 10.1 Å². The van der Waals surface area contributed by atoms with Crippen LogP contribution in [0.15, 0.2) is 23.7 Å².